The first kappa shape index (κ1) is 19.6. The molecule has 0 aliphatic carbocycles. The van der Waals surface area contributed by atoms with Crippen LogP contribution < -0.4 is 16.4 Å². The molecule has 2 atom stereocenters. The molecule has 24 heavy (non-hydrogen) atoms. The van der Waals surface area contributed by atoms with E-state index in [0.717, 1.165) is 5.69 Å². The topological polar surface area (TPSA) is 150 Å². The van der Waals surface area contributed by atoms with Crippen LogP contribution in [0.3, 0.4) is 0 Å². The van der Waals surface area contributed by atoms with E-state index in [9.17, 15) is 14.4 Å². The van der Waals surface area contributed by atoms with Crippen molar-refractivity contribution in [3.8, 4) is 0 Å². The van der Waals surface area contributed by atoms with Gasteiger partial charge in [-0.3, -0.25) is 14.4 Å². The number of amides is 2. The number of carbonyl (C=O) groups excluding carboxylic acids is 2. The monoisotopic (exact) mass is 339 g/mol. The molecule has 0 spiro atoms. The fourth-order valence-corrected chi connectivity index (χ4v) is 2.00. The van der Waals surface area contributed by atoms with E-state index in [1.807, 2.05) is 0 Å². The van der Waals surface area contributed by atoms with Gasteiger partial charge in [0.1, 0.15) is 5.54 Å². The molecular weight excluding hydrogens is 314 g/mol. The zero-order chi connectivity index (χ0) is 18.3. The predicted molar refractivity (Wildman–Crippen MR) is 87.0 cm³/mol. The second-order valence-electron chi connectivity index (χ2n) is 6.31. The summed E-state index contributed by atoms with van der Waals surface area (Å²) in [6.45, 7) is 4.84. The number of carboxylic acids is 1. The van der Waals surface area contributed by atoms with Crippen LogP contribution in [0.5, 0.6) is 0 Å². The van der Waals surface area contributed by atoms with Gasteiger partial charge in [0.25, 0.3) is 0 Å². The highest BCUT2D eigenvalue weighted by Crippen LogP contribution is 2.06. The molecule has 1 heterocycles. The van der Waals surface area contributed by atoms with Crippen molar-refractivity contribution < 1.29 is 19.5 Å². The van der Waals surface area contributed by atoms with Crippen LogP contribution in [-0.4, -0.2) is 50.5 Å². The average molecular weight is 339 g/mol. The van der Waals surface area contributed by atoms with Crippen molar-refractivity contribution in [1.82, 2.24) is 20.6 Å². The van der Waals surface area contributed by atoms with Gasteiger partial charge in [-0.1, -0.05) is 0 Å². The normalized spacial score (nSPS) is 13.8. The molecule has 0 aliphatic heterocycles. The molecule has 134 valence electrons. The third-order valence-corrected chi connectivity index (χ3v) is 3.50. The van der Waals surface area contributed by atoms with Crippen molar-refractivity contribution >= 4 is 17.8 Å². The van der Waals surface area contributed by atoms with E-state index < -0.39 is 29.4 Å². The third-order valence-electron chi connectivity index (χ3n) is 3.50. The van der Waals surface area contributed by atoms with Crippen molar-refractivity contribution in [3.05, 3.63) is 18.2 Å². The predicted octanol–water partition coefficient (Wildman–Crippen LogP) is -0.456. The molecule has 9 nitrogen and oxygen atoms in total. The molecule has 9 heteroatoms. The fraction of sp³-hybridized carbons (Fsp3) is 0.600. The zero-order valence-electron chi connectivity index (χ0n) is 14.1. The van der Waals surface area contributed by atoms with Crippen LogP contribution in [0.25, 0.3) is 0 Å². The van der Waals surface area contributed by atoms with Crippen LogP contribution in [0, 0.1) is 0 Å². The van der Waals surface area contributed by atoms with E-state index in [-0.39, 0.29) is 18.9 Å². The maximum Gasteiger partial charge on any atom is 0.303 e. The number of H-pyrrole nitrogens is 1. The SMILES string of the molecule is CC(CCC(=O)O)NC(=O)C(C)(C)NC(=O)C(N)Cc1cnc[nH]1. The van der Waals surface area contributed by atoms with E-state index in [2.05, 4.69) is 20.6 Å². The Morgan fingerprint density at radius 3 is 2.62 bits per heavy atom. The van der Waals surface area contributed by atoms with Crippen LogP contribution in [-0.2, 0) is 20.8 Å². The Balaban J connectivity index is 2.52. The van der Waals surface area contributed by atoms with Crippen LogP contribution >= 0.6 is 0 Å². The van der Waals surface area contributed by atoms with Gasteiger partial charge in [-0.05, 0) is 27.2 Å². The van der Waals surface area contributed by atoms with Gasteiger partial charge in [0, 0.05) is 30.8 Å². The largest absolute Gasteiger partial charge is 0.481 e. The van der Waals surface area contributed by atoms with Gasteiger partial charge in [0.15, 0.2) is 0 Å². The Morgan fingerprint density at radius 1 is 1.42 bits per heavy atom. The van der Waals surface area contributed by atoms with E-state index in [0.29, 0.717) is 6.42 Å². The minimum atomic E-state index is -1.17. The lowest BCUT2D eigenvalue weighted by molar-refractivity contribution is -0.137. The number of hydrogen-bond acceptors (Lipinski definition) is 5. The summed E-state index contributed by atoms with van der Waals surface area (Å²) in [5, 5.41) is 14.0. The molecule has 0 bridgehead atoms. The van der Waals surface area contributed by atoms with Crippen molar-refractivity contribution in [3.63, 3.8) is 0 Å². The Bertz CT molecular complexity index is 570. The van der Waals surface area contributed by atoms with Crippen LogP contribution in [0.2, 0.25) is 0 Å². The summed E-state index contributed by atoms with van der Waals surface area (Å²) in [5.74, 6) is -1.78. The number of carboxylic acid groups (broad SMARTS) is 1. The maximum absolute atomic E-state index is 12.3. The number of rotatable bonds is 9. The van der Waals surface area contributed by atoms with Crippen molar-refractivity contribution in [2.75, 3.05) is 0 Å². The van der Waals surface area contributed by atoms with Gasteiger partial charge in [-0.15, -0.1) is 0 Å². The first-order chi connectivity index (χ1) is 11.1. The molecule has 0 fully saturated rings. The number of imidazole rings is 1. The van der Waals surface area contributed by atoms with Gasteiger partial charge < -0.3 is 26.5 Å². The van der Waals surface area contributed by atoms with Crippen LogP contribution in [0.1, 0.15) is 39.3 Å². The molecule has 0 saturated carbocycles. The molecule has 1 aromatic heterocycles. The van der Waals surface area contributed by atoms with E-state index >= 15 is 0 Å². The lowest BCUT2D eigenvalue weighted by atomic mass is 10.0. The number of hydrogen-bond donors (Lipinski definition) is 5. The molecule has 0 saturated heterocycles. The van der Waals surface area contributed by atoms with Crippen molar-refractivity contribution in [2.24, 2.45) is 5.73 Å². The smallest absolute Gasteiger partial charge is 0.303 e. The van der Waals surface area contributed by atoms with Crippen LogP contribution in [0.15, 0.2) is 12.5 Å². The zero-order valence-corrected chi connectivity index (χ0v) is 14.1. The molecule has 1 aromatic rings. The average Bonchev–Trinajstić information content (AvgIpc) is 2.97. The van der Waals surface area contributed by atoms with Gasteiger partial charge in [0.2, 0.25) is 11.8 Å². The Kier molecular flexibility index (Phi) is 6.90. The Hall–Kier alpha value is -2.42. The van der Waals surface area contributed by atoms with E-state index in [1.165, 1.54) is 6.33 Å². The number of aliphatic carboxylic acids is 1. The molecular formula is C15H25N5O4. The summed E-state index contributed by atoms with van der Waals surface area (Å²) in [6, 6.07) is -1.13. The Morgan fingerprint density at radius 2 is 2.08 bits per heavy atom. The fourth-order valence-electron chi connectivity index (χ4n) is 2.00. The molecule has 0 aromatic carbocycles. The molecule has 0 radical (unpaired) electrons. The number of carbonyl (C=O) groups is 3. The first-order valence-electron chi connectivity index (χ1n) is 7.69. The summed E-state index contributed by atoms with van der Waals surface area (Å²) in [7, 11) is 0. The summed E-state index contributed by atoms with van der Waals surface area (Å²) >= 11 is 0. The van der Waals surface area contributed by atoms with Gasteiger partial charge in [-0.25, -0.2) is 4.98 Å². The van der Waals surface area contributed by atoms with Gasteiger partial charge in [-0.2, -0.15) is 0 Å². The number of aromatic nitrogens is 2. The van der Waals surface area contributed by atoms with Gasteiger partial charge >= 0.3 is 5.97 Å². The standard InChI is InChI=1S/C15H25N5O4/c1-9(4-5-12(21)22)19-14(24)15(2,3)20-13(23)11(16)6-10-7-17-8-18-10/h7-9,11H,4-6,16H2,1-3H3,(H,17,18)(H,19,24)(H,20,23)(H,21,22). The number of nitrogens with two attached hydrogens (primary N) is 1. The molecule has 2 amide bonds. The highest BCUT2D eigenvalue weighted by Gasteiger charge is 2.32. The third kappa shape index (κ3) is 6.37. The summed E-state index contributed by atoms with van der Waals surface area (Å²) in [4.78, 5) is 41.7. The maximum atomic E-state index is 12.3. The number of nitrogens with zero attached hydrogens (tertiary/aromatic N) is 1. The lowest BCUT2D eigenvalue weighted by Gasteiger charge is -2.28. The minimum Gasteiger partial charge on any atom is -0.481 e. The van der Waals surface area contributed by atoms with Gasteiger partial charge in [0.05, 0.1) is 12.4 Å². The second kappa shape index (κ2) is 8.44. The Labute approximate surface area is 140 Å². The minimum absolute atomic E-state index is 0.0384. The molecule has 6 N–H and O–H groups in total. The lowest BCUT2D eigenvalue weighted by Crippen LogP contribution is -2.59. The molecule has 0 aliphatic rings. The number of aromatic amines is 1. The van der Waals surface area contributed by atoms with Crippen molar-refractivity contribution in [1.29, 1.82) is 0 Å². The summed E-state index contributed by atoms with van der Waals surface area (Å²) in [6.07, 6.45) is 3.62. The van der Waals surface area contributed by atoms with E-state index in [1.54, 1.807) is 27.0 Å². The summed E-state index contributed by atoms with van der Waals surface area (Å²) < 4.78 is 0. The second-order valence-corrected chi connectivity index (χ2v) is 6.31. The first-order valence-corrected chi connectivity index (χ1v) is 7.69. The molecule has 1 rings (SSSR count). The highest BCUT2D eigenvalue weighted by molar-refractivity contribution is 5.92. The summed E-state index contributed by atoms with van der Waals surface area (Å²) in [5.41, 5.74) is 5.40. The van der Waals surface area contributed by atoms with Crippen molar-refractivity contribution in [2.45, 2.75) is 57.7 Å². The highest BCUT2D eigenvalue weighted by atomic mass is 16.4. The molecule has 2 unspecified atom stereocenters. The van der Waals surface area contributed by atoms with E-state index in [4.69, 9.17) is 10.8 Å². The van der Waals surface area contributed by atoms with Crippen LogP contribution in [0.4, 0.5) is 0 Å². The quantitative estimate of drug-likeness (QED) is 0.411. The number of nitrogens with one attached hydrogen (secondary N) is 3.